The predicted octanol–water partition coefficient (Wildman–Crippen LogP) is 5.82. The van der Waals surface area contributed by atoms with Gasteiger partial charge in [0, 0.05) is 6.42 Å². The Hall–Kier alpha value is -2.62. The van der Waals surface area contributed by atoms with Crippen LogP contribution in [0.15, 0.2) is 60.7 Å². The number of benzene rings is 2. The molecule has 0 aliphatic carbocycles. The van der Waals surface area contributed by atoms with Gasteiger partial charge in [-0.1, -0.05) is 63.1 Å². The van der Waals surface area contributed by atoms with E-state index in [0.717, 1.165) is 19.3 Å². The van der Waals surface area contributed by atoms with Crippen LogP contribution in [0.5, 0.6) is 0 Å². The lowest BCUT2D eigenvalue weighted by atomic mass is 9.91. The highest BCUT2D eigenvalue weighted by atomic mass is 16.6. The Morgan fingerprint density at radius 2 is 1.39 bits per heavy atom. The number of rotatable bonds is 10. The predicted molar refractivity (Wildman–Crippen MR) is 110 cm³/mol. The maximum atomic E-state index is 12.6. The fraction of sp³-hybridized carbons (Fsp3) is 0.417. The topological polar surface area (TPSA) is 52.6 Å². The van der Waals surface area contributed by atoms with Gasteiger partial charge in [-0.15, -0.1) is 0 Å². The SMILES string of the molecule is CCCC(CC(C)(CCC)OC(=O)c1ccccc1)OC(=O)c1ccccc1. The Morgan fingerprint density at radius 1 is 0.857 bits per heavy atom. The molecule has 2 rings (SSSR count). The van der Waals surface area contributed by atoms with Crippen LogP contribution in [0.2, 0.25) is 0 Å². The maximum absolute atomic E-state index is 12.6. The molecule has 0 saturated heterocycles. The van der Waals surface area contributed by atoms with Gasteiger partial charge in [-0.2, -0.15) is 0 Å². The minimum absolute atomic E-state index is 0.308. The third-order valence-corrected chi connectivity index (χ3v) is 4.68. The lowest BCUT2D eigenvalue weighted by Crippen LogP contribution is -2.37. The number of carbonyl (C=O) groups is 2. The van der Waals surface area contributed by atoms with Gasteiger partial charge in [0.15, 0.2) is 0 Å². The first-order valence-corrected chi connectivity index (χ1v) is 10.0. The minimum Gasteiger partial charge on any atom is -0.459 e. The lowest BCUT2D eigenvalue weighted by molar-refractivity contribution is -0.0454. The molecule has 0 heterocycles. The van der Waals surface area contributed by atoms with E-state index in [1.54, 1.807) is 24.3 Å². The van der Waals surface area contributed by atoms with Gasteiger partial charge in [-0.25, -0.2) is 9.59 Å². The second-order valence-corrected chi connectivity index (χ2v) is 7.34. The molecular formula is C24H30O4. The molecule has 0 spiro atoms. The van der Waals surface area contributed by atoms with E-state index in [1.807, 2.05) is 43.3 Å². The van der Waals surface area contributed by atoms with E-state index >= 15 is 0 Å². The lowest BCUT2D eigenvalue weighted by Gasteiger charge is -2.33. The summed E-state index contributed by atoms with van der Waals surface area (Å²) in [4.78, 5) is 25.1. The van der Waals surface area contributed by atoms with Gasteiger partial charge in [0.25, 0.3) is 0 Å². The van der Waals surface area contributed by atoms with Crippen LogP contribution in [0.3, 0.4) is 0 Å². The molecule has 0 aliphatic heterocycles. The fourth-order valence-corrected chi connectivity index (χ4v) is 3.38. The van der Waals surface area contributed by atoms with Gasteiger partial charge in [-0.3, -0.25) is 0 Å². The molecule has 2 unspecified atom stereocenters. The molecule has 0 N–H and O–H groups in total. The molecule has 0 fully saturated rings. The molecule has 2 aromatic carbocycles. The van der Waals surface area contributed by atoms with Crippen molar-refractivity contribution in [1.29, 1.82) is 0 Å². The Labute approximate surface area is 167 Å². The van der Waals surface area contributed by atoms with Crippen LogP contribution in [0.4, 0.5) is 0 Å². The average molecular weight is 383 g/mol. The smallest absolute Gasteiger partial charge is 0.338 e. The summed E-state index contributed by atoms with van der Waals surface area (Å²) in [5.41, 5.74) is 0.360. The van der Waals surface area contributed by atoms with Crippen molar-refractivity contribution in [3.8, 4) is 0 Å². The molecule has 28 heavy (non-hydrogen) atoms. The zero-order valence-corrected chi connectivity index (χ0v) is 17.0. The minimum atomic E-state index is -0.696. The van der Waals surface area contributed by atoms with E-state index in [2.05, 4.69) is 13.8 Å². The van der Waals surface area contributed by atoms with E-state index in [-0.39, 0.29) is 18.0 Å². The summed E-state index contributed by atoms with van der Waals surface area (Å²) < 4.78 is 11.7. The summed E-state index contributed by atoms with van der Waals surface area (Å²) in [6.07, 6.45) is 3.34. The normalized spacial score (nSPS) is 14.0. The summed E-state index contributed by atoms with van der Waals surface area (Å²) in [6, 6.07) is 18.0. The second kappa shape index (κ2) is 10.6. The molecule has 4 heteroatoms. The van der Waals surface area contributed by atoms with Crippen molar-refractivity contribution in [3.63, 3.8) is 0 Å². The summed E-state index contributed by atoms with van der Waals surface area (Å²) in [5.74, 6) is -0.687. The Morgan fingerprint density at radius 3 is 1.89 bits per heavy atom. The highest BCUT2D eigenvalue weighted by Gasteiger charge is 2.33. The molecule has 2 aromatic rings. The molecular weight excluding hydrogens is 352 g/mol. The first kappa shape index (κ1) is 21.7. The van der Waals surface area contributed by atoms with Gasteiger partial charge < -0.3 is 9.47 Å². The molecule has 4 nitrogen and oxygen atoms in total. The Balaban J connectivity index is 2.10. The number of esters is 2. The van der Waals surface area contributed by atoms with Crippen LogP contribution in [-0.2, 0) is 9.47 Å². The molecule has 0 aliphatic rings. The van der Waals surface area contributed by atoms with Crippen molar-refractivity contribution in [2.75, 3.05) is 0 Å². The highest BCUT2D eigenvalue weighted by Crippen LogP contribution is 2.28. The van der Waals surface area contributed by atoms with E-state index in [4.69, 9.17) is 9.47 Å². The van der Waals surface area contributed by atoms with Gasteiger partial charge in [0.05, 0.1) is 11.1 Å². The van der Waals surface area contributed by atoms with Crippen LogP contribution in [0.1, 0.15) is 73.6 Å². The Kier molecular flexibility index (Phi) is 8.24. The van der Waals surface area contributed by atoms with E-state index in [1.165, 1.54) is 0 Å². The standard InChI is InChI=1S/C24H30O4/c1-4-12-21(27-22(25)19-13-8-6-9-14-19)18-24(3,17-5-2)28-23(26)20-15-10-7-11-16-20/h6-11,13-16,21H,4-5,12,17-18H2,1-3H3. The van der Waals surface area contributed by atoms with Crippen LogP contribution in [0.25, 0.3) is 0 Å². The first-order chi connectivity index (χ1) is 13.5. The van der Waals surface area contributed by atoms with Crippen molar-refractivity contribution in [1.82, 2.24) is 0 Å². The van der Waals surface area contributed by atoms with Gasteiger partial charge in [-0.05, 0) is 44.0 Å². The molecule has 0 bridgehead atoms. The number of ether oxygens (including phenoxy) is 2. The zero-order chi connectivity index (χ0) is 20.4. The first-order valence-electron chi connectivity index (χ1n) is 10.0. The number of hydrogen-bond acceptors (Lipinski definition) is 4. The average Bonchev–Trinajstić information content (AvgIpc) is 2.69. The van der Waals surface area contributed by atoms with Crippen molar-refractivity contribution < 1.29 is 19.1 Å². The molecule has 2 atom stereocenters. The van der Waals surface area contributed by atoms with Crippen LogP contribution >= 0.6 is 0 Å². The molecule has 0 saturated carbocycles. The summed E-state index contributed by atoms with van der Waals surface area (Å²) in [7, 11) is 0. The molecule has 0 radical (unpaired) electrons. The zero-order valence-electron chi connectivity index (χ0n) is 17.0. The van der Waals surface area contributed by atoms with Crippen molar-refractivity contribution in [2.45, 2.75) is 64.6 Å². The van der Waals surface area contributed by atoms with E-state index in [0.29, 0.717) is 24.0 Å². The van der Waals surface area contributed by atoms with E-state index in [9.17, 15) is 9.59 Å². The van der Waals surface area contributed by atoms with E-state index < -0.39 is 5.60 Å². The third-order valence-electron chi connectivity index (χ3n) is 4.68. The van der Waals surface area contributed by atoms with Gasteiger partial charge in [0.1, 0.15) is 11.7 Å². The molecule has 0 amide bonds. The largest absolute Gasteiger partial charge is 0.459 e. The number of hydrogen-bond donors (Lipinski definition) is 0. The van der Waals surface area contributed by atoms with Crippen LogP contribution in [-0.4, -0.2) is 23.6 Å². The van der Waals surface area contributed by atoms with Crippen molar-refractivity contribution >= 4 is 11.9 Å². The molecule has 150 valence electrons. The second-order valence-electron chi connectivity index (χ2n) is 7.34. The fourth-order valence-electron chi connectivity index (χ4n) is 3.38. The summed E-state index contributed by atoms with van der Waals surface area (Å²) >= 11 is 0. The van der Waals surface area contributed by atoms with Crippen molar-refractivity contribution in [2.24, 2.45) is 0 Å². The summed E-state index contributed by atoms with van der Waals surface area (Å²) in [5, 5.41) is 0. The monoisotopic (exact) mass is 382 g/mol. The van der Waals surface area contributed by atoms with Gasteiger partial charge >= 0.3 is 11.9 Å². The van der Waals surface area contributed by atoms with Crippen molar-refractivity contribution in [3.05, 3.63) is 71.8 Å². The molecule has 0 aromatic heterocycles. The van der Waals surface area contributed by atoms with Crippen LogP contribution in [0, 0.1) is 0 Å². The Bertz CT molecular complexity index is 742. The number of carbonyl (C=O) groups excluding carboxylic acids is 2. The third kappa shape index (κ3) is 6.52. The van der Waals surface area contributed by atoms with Gasteiger partial charge in [0.2, 0.25) is 0 Å². The quantitative estimate of drug-likeness (QED) is 0.486. The highest BCUT2D eigenvalue weighted by molar-refractivity contribution is 5.90. The van der Waals surface area contributed by atoms with Crippen LogP contribution < -0.4 is 0 Å². The maximum Gasteiger partial charge on any atom is 0.338 e. The summed E-state index contributed by atoms with van der Waals surface area (Å²) in [6.45, 7) is 6.03.